The third-order valence-electron chi connectivity index (χ3n) is 8.87. The topological polar surface area (TPSA) is 129 Å². The van der Waals surface area contributed by atoms with Gasteiger partial charge in [-0.15, -0.1) is 0 Å². The molecule has 3 aliphatic rings. The summed E-state index contributed by atoms with van der Waals surface area (Å²) in [5, 5.41) is 24.0. The fraction of sp³-hybridized carbons (Fsp3) is 0.344. The highest BCUT2D eigenvalue weighted by atomic mass is 19.3. The van der Waals surface area contributed by atoms with E-state index in [1.807, 2.05) is 0 Å². The molecule has 4 atom stereocenters. The Morgan fingerprint density at radius 2 is 1.77 bits per heavy atom. The van der Waals surface area contributed by atoms with Crippen LogP contribution < -0.4 is 14.8 Å². The van der Waals surface area contributed by atoms with Crippen LogP contribution in [-0.4, -0.2) is 80.7 Å². The molecule has 0 saturated carbocycles. The van der Waals surface area contributed by atoms with Crippen LogP contribution in [0.25, 0.3) is 0 Å². The van der Waals surface area contributed by atoms with Gasteiger partial charge in [0, 0.05) is 17.7 Å². The Labute approximate surface area is 251 Å². The molecule has 3 N–H and O–H groups in total. The molecule has 44 heavy (non-hydrogen) atoms. The number of hydrogen-bond donors (Lipinski definition) is 3. The number of phenolic OH excluding ortho intramolecular Hbond substituents is 1. The number of aliphatic hydroxyl groups is 1. The lowest BCUT2D eigenvalue weighted by molar-refractivity contribution is -0.193. The van der Waals surface area contributed by atoms with Crippen molar-refractivity contribution < 1.29 is 42.9 Å². The van der Waals surface area contributed by atoms with Crippen molar-refractivity contribution in [1.82, 2.24) is 15.1 Å². The summed E-state index contributed by atoms with van der Waals surface area (Å²) in [7, 11) is 0. The molecular weight excluding hydrogens is 576 g/mol. The van der Waals surface area contributed by atoms with E-state index in [9.17, 15) is 24.6 Å². The third kappa shape index (κ3) is 4.69. The number of alkyl halides is 2. The second kappa shape index (κ2) is 10.8. The number of carbonyl (C=O) groups is 3. The quantitative estimate of drug-likeness (QED) is 0.336. The molecule has 3 amide bonds. The van der Waals surface area contributed by atoms with Crippen LogP contribution in [0.15, 0.2) is 66.7 Å². The highest BCUT2D eigenvalue weighted by molar-refractivity contribution is 5.99. The van der Waals surface area contributed by atoms with E-state index in [1.54, 1.807) is 55.5 Å². The van der Waals surface area contributed by atoms with Gasteiger partial charge >= 0.3 is 0 Å². The number of phenols is 1. The van der Waals surface area contributed by atoms with Crippen LogP contribution in [0, 0.1) is 6.92 Å². The largest absolute Gasteiger partial charge is 0.508 e. The van der Waals surface area contributed by atoms with Crippen LogP contribution in [-0.2, 0) is 22.6 Å². The molecule has 230 valence electrons. The van der Waals surface area contributed by atoms with E-state index in [-0.39, 0.29) is 31.1 Å². The Morgan fingerprint density at radius 3 is 2.52 bits per heavy atom. The van der Waals surface area contributed by atoms with Gasteiger partial charge in [0.1, 0.15) is 17.3 Å². The second-order valence-electron chi connectivity index (χ2n) is 11.5. The molecule has 10 nitrogen and oxygen atoms in total. The van der Waals surface area contributed by atoms with Crippen LogP contribution in [0.2, 0.25) is 0 Å². The summed E-state index contributed by atoms with van der Waals surface area (Å²) in [6.45, 7) is 1.60. The van der Waals surface area contributed by atoms with E-state index in [1.165, 1.54) is 25.1 Å². The molecule has 12 heteroatoms. The number of nitrogens with zero attached hydrogens (tertiary/aromatic N) is 2. The van der Waals surface area contributed by atoms with Crippen LogP contribution in [0.3, 0.4) is 0 Å². The van der Waals surface area contributed by atoms with Gasteiger partial charge in [0.2, 0.25) is 12.7 Å². The maximum absolute atomic E-state index is 15.7. The van der Waals surface area contributed by atoms with Gasteiger partial charge in [0.05, 0.1) is 12.6 Å². The second-order valence-corrected chi connectivity index (χ2v) is 11.5. The average Bonchev–Trinajstić information content (AvgIpc) is 3.54. The smallest absolute Gasteiger partial charge is 0.290 e. The molecule has 0 aliphatic carbocycles. The van der Waals surface area contributed by atoms with Crippen molar-refractivity contribution >= 4 is 17.7 Å². The van der Waals surface area contributed by atoms with E-state index in [0.717, 1.165) is 9.80 Å². The standard InChI is InChI=1S/C32H31F2N3O7/c1-18-21(9-6-10-23(18)38)28(40)35-22(13-19-7-4-3-5-8-19)26(39)29(41)36-16-32(33,34)31(2)27(36)30(42)37(31)15-20-11-12-24-25(14-20)44-17-43-24/h3-12,14,22,26-27,38-39H,13,15-17H2,1-2H3,(H,35,40)/t22-,26-,27+,31?/m0/s1. The number of aliphatic hydroxyl groups excluding tert-OH is 1. The summed E-state index contributed by atoms with van der Waals surface area (Å²) in [6, 6.07) is 15.3. The van der Waals surface area contributed by atoms with Gasteiger partial charge in [-0.25, -0.2) is 8.78 Å². The number of fused-ring (bicyclic) bond motifs is 2. The summed E-state index contributed by atoms with van der Waals surface area (Å²) < 4.78 is 42.1. The van der Waals surface area contributed by atoms with E-state index in [0.29, 0.717) is 28.2 Å². The van der Waals surface area contributed by atoms with Crippen molar-refractivity contribution in [2.45, 2.75) is 56.5 Å². The average molecular weight is 608 g/mol. The Kier molecular flexibility index (Phi) is 7.19. The summed E-state index contributed by atoms with van der Waals surface area (Å²) in [4.78, 5) is 42.1. The van der Waals surface area contributed by atoms with Gasteiger partial charge in [0.25, 0.3) is 17.7 Å². The van der Waals surface area contributed by atoms with Crippen molar-refractivity contribution in [2.75, 3.05) is 13.3 Å². The number of aromatic hydroxyl groups is 1. The summed E-state index contributed by atoms with van der Waals surface area (Å²) in [5.74, 6) is -5.08. The monoisotopic (exact) mass is 607 g/mol. The van der Waals surface area contributed by atoms with Crippen molar-refractivity contribution in [3.63, 3.8) is 0 Å². The predicted octanol–water partition coefficient (Wildman–Crippen LogP) is 2.78. The molecule has 2 saturated heterocycles. The van der Waals surface area contributed by atoms with E-state index < -0.39 is 53.9 Å². The lowest BCUT2D eigenvalue weighted by Gasteiger charge is -2.54. The molecule has 0 bridgehead atoms. The summed E-state index contributed by atoms with van der Waals surface area (Å²) in [6.07, 6.45) is -1.96. The maximum atomic E-state index is 15.7. The molecule has 3 heterocycles. The number of likely N-dealkylation sites (tertiary alicyclic amines) is 2. The predicted molar refractivity (Wildman–Crippen MR) is 152 cm³/mol. The van der Waals surface area contributed by atoms with E-state index in [4.69, 9.17) is 9.47 Å². The molecular formula is C32H31F2N3O7. The number of benzene rings is 3. The fourth-order valence-electron chi connectivity index (χ4n) is 6.23. The Morgan fingerprint density at radius 1 is 1.05 bits per heavy atom. The first-order valence-electron chi connectivity index (χ1n) is 14.1. The van der Waals surface area contributed by atoms with Crippen molar-refractivity contribution in [3.8, 4) is 17.2 Å². The summed E-state index contributed by atoms with van der Waals surface area (Å²) >= 11 is 0. The minimum Gasteiger partial charge on any atom is -0.508 e. The Bertz CT molecular complexity index is 1640. The molecule has 0 aromatic heterocycles. The first kappa shape index (κ1) is 29.4. The zero-order valence-electron chi connectivity index (χ0n) is 24.0. The van der Waals surface area contributed by atoms with Crippen molar-refractivity contribution in [1.29, 1.82) is 0 Å². The highest BCUT2D eigenvalue weighted by Gasteiger charge is 2.77. The van der Waals surface area contributed by atoms with Gasteiger partial charge in [0.15, 0.2) is 17.6 Å². The number of carbonyl (C=O) groups excluding carboxylic acids is 3. The number of ether oxygens (including phenoxy) is 2. The first-order chi connectivity index (χ1) is 20.9. The third-order valence-corrected chi connectivity index (χ3v) is 8.87. The van der Waals surface area contributed by atoms with Gasteiger partial charge in [-0.2, -0.15) is 0 Å². The zero-order valence-corrected chi connectivity index (χ0v) is 24.0. The van der Waals surface area contributed by atoms with Crippen molar-refractivity contribution in [3.05, 3.63) is 89.0 Å². The Hall–Kier alpha value is -4.71. The zero-order chi connectivity index (χ0) is 31.4. The minimum absolute atomic E-state index is 0.00625. The lowest BCUT2D eigenvalue weighted by Crippen LogP contribution is -2.78. The van der Waals surface area contributed by atoms with Gasteiger partial charge < -0.3 is 34.8 Å². The van der Waals surface area contributed by atoms with E-state index in [2.05, 4.69) is 5.32 Å². The number of rotatable bonds is 8. The normalized spacial score (nSPS) is 22.7. The van der Waals surface area contributed by atoms with Crippen LogP contribution in [0.4, 0.5) is 8.78 Å². The van der Waals surface area contributed by atoms with Gasteiger partial charge in [-0.1, -0.05) is 42.5 Å². The molecule has 6 rings (SSSR count). The number of nitrogens with one attached hydrogen (secondary N) is 1. The number of β-lactam (4-membered cyclic amide) rings is 1. The molecule has 3 aliphatic heterocycles. The molecule has 3 aromatic rings. The molecule has 0 spiro atoms. The van der Waals surface area contributed by atoms with E-state index >= 15 is 8.78 Å². The maximum Gasteiger partial charge on any atom is 0.290 e. The number of hydrogen-bond acceptors (Lipinski definition) is 7. The SMILES string of the molecule is Cc1c(O)cccc1C(=O)N[C@@H](Cc1ccccc1)[C@H](O)C(=O)N1CC(F)(F)C2(C)[C@H]1C(=O)N2Cc1ccc2c(c1)OCO2. The van der Waals surface area contributed by atoms with Crippen LogP contribution in [0.5, 0.6) is 17.2 Å². The number of amides is 3. The first-order valence-corrected chi connectivity index (χ1v) is 14.1. The molecule has 3 aromatic carbocycles. The van der Waals surface area contributed by atoms with Crippen LogP contribution in [0.1, 0.15) is 34.0 Å². The number of halogens is 2. The summed E-state index contributed by atoms with van der Waals surface area (Å²) in [5.41, 5.74) is -0.385. The molecule has 0 radical (unpaired) electrons. The van der Waals surface area contributed by atoms with Gasteiger partial charge in [-0.3, -0.25) is 14.4 Å². The fourth-order valence-corrected chi connectivity index (χ4v) is 6.23. The molecule has 2 fully saturated rings. The van der Waals surface area contributed by atoms with Gasteiger partial charge in [-0.05, 0) is 55.7 Å². The van der Waals surface area contributed by atoms with Crippen LogP contribution >= 0.6 is 0 Å². The minimum atomic E-state index is -3.49. The van der Waals surface area contributed by atoms with Crippen molar-refractivity contribution in [2.24, 2.45) is 0 Å². The highest BCUT2D eigenvalue weighted by Crippen LogP contribution is 2.53. The lowest BCUT2D eigenvalue weighted by atomic mass is 9.77. The molecule has 1 unspecified atom stereocenters. The Balaban J connectivity index is 1.24.